The highest BCUT2D eigenvalue weighted by Crippen LogP contribution is 2.28. The van der Waals surface area contributed by atoms with E-state index in [0.29, 0.717) is 21.2 Å². The van der Waals surface area contributed by atoms with Crippen LogP contribution in [0.3, 0.4) is 0 Å². The molecule has 2 heterocycles. The lowest BCUT2D eigenvalue weighted by Crippen LogP contribution is -2.33. The molecule has 0 saturated heterocycles. The average molecular weight is 421 g/mol. The Morgan fingerprint density at radius 1 is 1.04 bits per heavy atom. The van der Waals surface area contributed by atoms with Crippen molar-refractivity contribution in [3.63, 3.8) is 0 Å². The van der Waals surface area contributed by atoms with Crippen LogP contribution in [0.2, 0.25) is 0 Å². The van der Waals surface area contributed by atoms with Crippen LogP contribution >= 0.6 is 0 Å². The van der Waals surface area contributed by atoms with E-state index in [4.69, 9.17) is 0 Å². The van der Waals surface area contributed by atoms with Crippen molar-refractivity contribution in [3.05, 3.63) is 47.7 Å². The van der Waals surface area contributed by atoms with Crippen molar-refractivity contribution in [2.24, 2.45) is 0 Å². The number of aromatic amines is 1. The van der Waals surface area contributed by atoms with Gasteiger partial charge in [-0.25, -0.2) is 40.3 Å². The van der Waals surface area contributed by atoms with E-state index in [9.17, 15) is 30.4 Å². The fourth-order valence-corrected chi connectivity index (χ4v) is 3.71. The molecule has 150 valence electrons. The number of hydrogen-bond acceptors (Lipinski definition) is 5. The molecule has 3 rings (SSSR count). The summed E-state index contributed by atoms with van der Waals surface area (Å²) in [6, 6.07) is 1.67. The van der Waals surface area contributed by atoms with Crippen LogP contribution < -0.4 is 5.32 Å². The fraction of sp³-hybridized carbons (Fsp3) is 0.200. The van der Waals surface area contributed by atoms with Crippen LogP contribution in [-0.4, -0.2) is 47.8 Å². The third-order valence-corrected chi connectivity index (χ3v) is 5.79. The third kappa shape index (κ3) is 3.26. The summed E-state index contributed by atoms with van der Waals surface area (Å²) in [5, 5.41) is 3.43. The lowest BCUT2D eigenvalue weighted by atomic mass is 10.3. The number of H-pyrrole nitrogens is 1. The second-order valence-electron chi connectivity index (χ2n) is 5.61. The molecule has 0 spiro atoms. The van der Waals surface area contributed by atoms with Gasteiger partial charge >= 0.3 is 0 Å². The predicted molar refractivity (Wildman–Crippen MR) is 88.4 cm³/mol. The van der Waals surface area contributed by atoms with Crippen molar-refractivity contribution in [3.8, 4) is 0 Å². The molecule has 2 N–H and O–H groups in total. The van der Waals surface area contributed by atoms with Gasteiger partial charge in [0, 0.05) is 26.3 Å². The van der Waals surface area contributed by atoms with Gasteiger partial charge in [-0.15, -0.1) is 0 Å². The molecule has 0 aliphatic carbocycles. The molecule has 0 aliphatic rings. The van der Waals surface area contributed by atoms with Crippen LogP contribution in [0.4, 0.5) is 27.8 Å². The number of sulfonamides is 1. The second-order valence-corrected chi connectivity index (χ2v) is 7.60. The smallest absolute Gasteiger partial charge is 0.248 e. The quantitative estimate of drug-likeness (QED) is 0.362. The summed E-state index contributed by atoms with van der Waals surface area (Å²) in [6.07, 6.45) is 2.88. The number of benzene rings is 1. The predicted octanol–water partition coefficient (Wildman–Crippen LogP) is 2.39. The largest absolute Gasteiger partial charge is 0.368 e. The van der Waals surface area contributed by atoms with E-state index in [1.54, 1.807) is 12.3 Å². The molecule has 0 unspecified atom stereocenters. The van der Waals surface area contributed by atoms with E-state index in [1.165, 1.54) is 6.33 Å². The van der Waals surface area contributed by atoms with Crippen LogP contribution in [0.1, 0.15) is 0 Å². The van der Waals surface area contributed by atoms with E-state index in [-0.39, 0.29) is 13.1 Å². The van der Waals surface area contributed by atoms with Gasteiger partial charge in [0.2, 0.25) is 15.8 Å². The van der Waals surface area contributed by atoms with Crippen LogP contribution in [-0.2, 0) is 10.0 Å². The minimum Gasteiger partial charge on any atom is -0.368 e. The van der Waals surface area contributed by atoms with Gasteiger partial charge < -0.3 is 10.3 Å². The Labute approximate surface area is 155 Å². The van der Waals surface area contributed by atoms with Crippen LogP contribution in [0.5, 0.6) is 0 Å². The van der Waals surface area contributed by atoms with E-state index >= 15 is 0 Å². The number of likely N-dealkylation sites (N-methyl/N-ethyl adjacent to an activating group) is 1. The average Bonchev–Trinajstić information content (AvgIpc) is 3.14. The number of hydrogen-bond donors (Lipinski definition) is 2. The topological polar surface area (TPSA) is 91.0 Å². The van der Waals surface area contributed by atoms with Crippen molar-refractivity contribution in [1.29, 1.82) is 0 Å². The normalized spacial score (nSPS) is 12.1. The zero-order valence-corrected chi connectivity index (χ0v) is 14.9. The number of nitrogens with one attached hydrogen (secondary N) is 2. The summed E-state index contributed by atoms with van der Waals surface area (Å²) in [7, 11) is -4.05. The molecule has 0 fully saturated rings. The molecule has 2 aromatic heterocycles. The van der Waals surface area contributed by atoms with Crippen molar-refractivity contribution in [2.45, 2.75) is 4.90 Å². The summed E-state index contributed by atoms with van der Waals surface area (Å²) >= 11 is 0. The standard InChI is InChI=1S/C15H12F5N5O2S/c1-25(5-4-22-15-7-2-3-21-14(7)23-6-24-15)28(26,27)13-11(19)9(17)8(16)10(18)12(13)20/h2-3,6H,4-5H2,1H3,(H2,21,22,23,24). The Balaban J connectivity index is 1.81. The SMILES string of the molecule is CN(CCNc1ncnc2[nH]ccc12)S(=O)(=O)c1c(F)c(F)c(F)c(F)c1F. The van der Waals surface area contributed by atoms with Gasteiger partial charge in [-0.05, 0) is 6.07 Å². The van der Waals surface area contributed by atoms with E-state index in [2.05, 4.69) is 20.3 Å². The lowest BCUT2D eigenvalue weighted by molar-refractivity contribution is 0.353. The maximum absolute atomic E-state index is 13.8. The molecule has 28 heavy (non-hydrogen) atoms. The lowest BCUT2D eigenvalue weighted by Gasteiger charge is -2.19. The summed E-state index contributed by atoms with van der Waals surface area (Å²) in [4.78, 5) is 8.90. The van der Waals surface area contributed by atoms with Gasteiger partial charge in [-0.2, -0.15) is 4.31 Å². The first kappa shape index (κ1) is 19.9. The number of anilines is 1. The van der Waals surface area contributed by atoms with Crippen LogP contribution in [0, 0.1) is 29.1 Å². The minimum atomic E-state index is -4.99. The molecule has 0 bridgehead atoms. The Kier molecular flexibility index (Phi) is 5.21. The maximum atomic E-state index is 13.8. The van der Waals surface area contributed by atoms with Gasteiger partial charge in [0.25, 0.3) is 0 Å². The molecule has 3 aromatic rings. The van der Waals surface area contributed by atoms with Gasteiger partial charge in [-0.3, -0.25) is 0 Å². The Hall–Kier alpha value is -2.80. The fourth-order valence-electron chi connectivity index (χ4n) is 2.43. The molecule has 0 saturated carbocycles. The minimum absolute atomic E-state index is 0.0670. The van der Waals surface area contributed by atoms with Crippen molar-refractivity contribution in [2.75, 3.05) is 25.5 Å². The molecular weight excluding hydrogens is 409 g/mol. The summed E-state index contributed by atoms with van der Waals surface area (Å²) in [6.45, 7) is -0.417. The number of rotatable bonds is 6. The molecule has 0 atom stereocenters. The maximum Gasteiger partial charge on any atom is 0.248 e. The number of aromatic nitrogens is 3. The Bertz CT molecular complexity index is 1120. The van der Waals surface area contributed by atoms with E-state index < -0.39 is 44.0 Å². The van der Waals surface area contributed by atoms with Gasteiger partial charge in [0.05, 0.1) is 5.39 Å². The molecule has 0 amide bonds. The van der Waals surface area contributed by atoms with E-state index in [1.807, 2.05) is 0 Å². The molecular formula is C15H12F5N5O2S. The third-order valence-electron chi connectivity index (χ3n) is 3.91. The molecule has 0 aliphatic heterocycles. The first-order valence-corrected chi connectivity index (χ1v) is 9.10. The summed E-state index contributed by atoms with van der Waals surface area (Å²) in [5.41, 5.74) is 0.528. The number of fused-ring (bicyclic) bond motifs is 1. The highest BCUT2D eigenvalue weighted by atomic mass is 32.2. The monoisotopic (exact) mass is 421 g/mol. The van der Waals surface area contributed by atoms with Crippen LogP contribution in [0.25, 0.3) is 11.0 Å². The number of nitrogens with zero attached hydrogens (tertiary/aromatic N) is 3. The summed E-state index contributed by atoms with van der Waals surface area (Å²) < 4.78 is 92.5. The highest BCUT2D eigenvalue weighted by molar-refractivity contribution is 7.89. The molecule has 1 aromatic carbocycles. The molecule has 7 nitrogen and oxygen atoms in total. The molecule has 0 radical (unpaired) electrons. The van der Waals surface area contributed by atoms with Crippen LogP contribution in [0.15, 0.2) is 23.5 Å². The van der Waals surface area contributed by atoms with Gasteiger partial charge in [0.1, 0.15) is 17.8 Å². The summed E-state index contributed by atoms with van der Waals surface area (Å²) in [5.74, 6) is -11.6. The van der Waals surface area contributed by atoms with Crippen molar-refractivity contribution >= 4 is 26.9 Å². The zero-order valence-electron chi connectivity index (χ0n) is 14.1. The Morgan fingerprint density at radius 2 is 1.64 bits per heavy atom. The second kappa shape index (κ2) is 7.31. The zero-order chi connectivity index (χ0) is 20.6. The first-order chi connectivity index (χ1) is 13.2. The van der Waals surface area contributed by atoms with Gasteiger partial charge in [-0.1, -0.05) is 0 Å². The first-order valence-electron chi connectivity index (χ1n) is 7.66. The van der Waals surface area contributed by atoms with Crippen molar-refractivity contribution in [1.82, 2.24) is 19.3 Å². The van der Waals surface area contributed by atoms with E-state index in [0.717, 1.165) is 7.05 Å². The highest BCUT2D eigenvalue weighted by Gasteiger charge is 2.35. The Morgan fingerprint density at radius 3 is 2.29 bits per heavy atom. The van der Waals surface area contributed by atoms with Gasteiger partial charge in [0.15, 0.2) is 28.2 Å². The molecule has 13 heteroatoms. The van der Waals surface area contributed by atoms with Crippen molar-refractivity contribution < 1.29 is 30.4 Å². The number of halogens is 5.